The molecule has 5 nitrogen and oxygen atoms in total. The van der Waals surface area contributed by atoms with Gasteiger partial charge in [0.2, 0.25) is 0 Å². The molecular formula is C26H23ClN2O3. The summed E-state index contributed by atoms with van der Waals surface area (Å²) in [5.74, 6) is -0.305. The zero-order valence-electron chi connectivity index (χ0n) is 18.3. The van der Waals surface area contributed by atoms with Gasteiger partial charge in [0.1, 0.15) is 11.4 Å². The number of benzene rings is 3. The normalized spacial score (nSPS) is 13.7. The molecule has 0 saturated carbocycles. The van der Waals surface area contributed by atoms with Gasteiger partial charge >= 0.3 is 0 Å². The van der Waals surface area contributed by atoms with Gasteiger partial charge in [0.05, 0.1) is 24.1 Å². The molecule has 0 aliphatic carbocycles. The second-order valence-electron chi connectivity index (χ2n) is 7.82. The second kappa shape index (κ2) is 8.52. The minimum Gasteiger partial charge on any atom is -0.495 e. The van der Waals surface area contributed by atoms with E-state index in [9.17, 15) is 9.59 Å². The topological polar surface area (TPSA) is 58.6 Å². The molecule has 1 aliphatic heterocycles. The lowest BCUT2D eigenvalue weighted by Crippen LogP contribution is -2.32. The minimum atomic E-state index is -0.434. The maximum Gasteiger partial charge on any atom is 0.282 e. The standard InChI is InChI=1S/C26H23ClN2O3/c1-15-5-9-19(10-6-15)29-25(30)23(20-11-7-16(2)13-17(20)3)24(26(29)31)28-21-14-18(27)8-12-22(21)32-4/h5-14,28H,1-4H3. The van der Waals surface area contributed by atoms with Crippen molar-refractivity contribution < 1.29 is 14.3 Å². The lowest BCUT2D eigenvalue weighted by molar-refractivity contribution is -0.120. The Morgan fingerprint density at radius 2 is 1.53 bits per heavy atom. The highest BCUT2D eigenvalue weighted by Gasteiger charge is 2.41. The van der Waals surface area contributed by atoms with Crippen molar-refractivity contribution in [2.24, 2.45) is 0 Å². The van der Waals surface area contributed by atoms with Crippen molar-refractivity contribution in [3.05, 3.63) is 93.6 Å². The Kier molecular flexibility index (Phi) is 5.76. The van der Waals surface area contributed by atoms with E-state index in [2.05, 4.69) is 5.32 Å². The fourth-order valence-corrected chi connectivity index (χ4v) is 4.00. The van der Waals surface area contributed by atoms with Crippen molar-refractivity contribution in [1.82, 2.24) is 0 Å². The van der Waals surface area contributed by atoms with Crippen molar-refractivity contribution in [3.63, 3.8) is 0 Å². The molecule has 0 aromatic heterocycles. The van der Waals surface area contributed by atoms with E-state index in [1.165, 1.54) is 12.0 Å². The number of hydrogen-bond acceptors (Lipinski definition) is 4. The van der Waals surface area contributed by atoms with Crippen molar-refractivity contribution in [3.8, 4) is 5.75 Å². The number of imide groups is 1. The third kappa shape index (κ3) is 3.87. The van der Waals surface area contributed by atoms with Gasteiger partial charge in [0.25, 0.3) is 11.8 Å². The summed E-state index contributed by atoms with van der Waals surface area (Å²) < 4.78 is 5.42. The van der Waals surface area contributed by atoms with Crippen LogP contribution in [0, 0.1) is 20.8 Å². The van der Waals surface area contributed by atoms with Crippen LogP contribution < -0.4 is 15.0 Å². The highest BCUT2D eigenvalue weighted by atomic mass is 35.5. The molecule has 3 aromatic carbocycles. The molecule has 0 fully saturated rings. The highest BCUT2D eigenvalue weighted by molar-refractivity contribution is 6.46. The number of anilines is 2. The maximum absolute atomic E-state index is 13.6. The smallest absolute Gasteiger partial charge is 0.282 e. The van der Waals surface area contributed by atoms with Crippen LogP contribution in [0.3, 0.4) is 0 Å². The van der Waals surface area contributed by atoms with Crippen LogP contribution >= 0.6 is 11.6 Å². The Hall–Kier alpha value is -3.57. The molecule has 6 heteroatoms. The van der Waals surface area contributed by atoms with Gasteiger partial charge in [-0.15, -0.1) is 0 Å². The molecule has 32 heavy (non-hydrogen) atoms. The molecule has 0 spiro atoms. The van der Waals surface area contributed by atoms with E-state index in [1.807, 2.05) is 51.1 Å². The quantitative estimate of drug-likeness (QED) is 0.513. The van der Waals surface area contributed by atoms with E-state index in [-0.39, 0.29) is 11.6 Å². The Morgan fingerprint density at radius 1 is 0.844 bits per heavy atom. The van der Waals surface area contributed by atoms with Gasteiger partial charge in [-0.3, -0.25) is 9.59 Å². The number of nitrogens with one attached hydrogen (secondary N) is 1. The molecule has 0 saturated heterocycles. The number of ether oxygens (including phenoxy) is 1. The molecule has 0 atom stereocenters. The fraction of sp³-hybridized carbons (Fsp3) is 0.154. The number of aryl methyl sites for hydroxylation is 3. The van der Waals surface area contributed by atoms with Gasteiger partial charge < -0.3 is 10.1 Å². The third-order valence-corrected chi connectivity index (χ3v) is 5.68. The number of carbonyl (C=O) groups excluding carboxylic acids is 2. The van der Waals surface area contributed by atoms with Crippen LogP contribution in [-0.2, 0) is 9.59 Å². The molecule has 2 amide bonds. The van der Waals surface area contributed by atoms with Gasteiger partial charge in [-0.05, 0) is 62.2 Å². The van der Waals surface area contributed by atoms with Gasteiger partial charge in [-0.1, -0.05) is 53.1 Å². The van der Waals surface area contributed by atoms with Crippen LogP contribution in [0.25, 0.3) is 5.57 Å². The molecule has 1 heterocycles. The number of rotatable bonds is 5. The number of halogens is 1. The SMILES string of the molecule is COc1ccc(Cl)cc1NC1=C(c2ccc(C)cc2C)C(=O)N(c2ccc(C)cc2)C1=O. The molecule has 0 unspecified atom stereocenters. The van der Waals surface area contributed by atoms with Crippen molar-refractivity contribution >= 4 is 40.4 Å². The first-order chi connectivity index (χ1) is 15.3. The summed E-state index contributed by atoms with van der Waals surface area (Å²) in [4.78, 5) is 28.4. The van der Waals surface area contributed by atoms with Crippen LogP contribution in [0.1, 0.15) is 22.3 Å². The number of hydrogen-bond donors (Lipinski definition) is 1. The van der Waals surface area contributed by atoms with Crippen molar-refractivity contribution in [1.29, 1.82) is 0 Å². The molecular weight excluding hydrogens is 424 g/mol. The summed E-state index contributed by atoms with van der Waals surface area (Å²) in [6.45, 7) is 5.87. The summed E-state index contributed by atoms with van der Waals surface area (Å²) in [6, 6.07) is 18.2. The van der Waals surface area contributed by atoms with E-state index in [1.54, 1.807) is 30.3 Å². The summed E-state index contributed by atoms with van der Waals surface area (Å²) >= 11 is 6.19. The number of carbonyl (C=O) groups is 2. The summed E-state index contributed by atoms with van der Waals surface area (Å²) in [7, 11) is 1.54. The van der Waals surface area contributed by atoms with E-state index >= 15 is 0 Å². The van der Waals surface area contributed by atoms with E-state index in [4.69, 9.17) is 16.3 Å². The first-order valence-electron chi connectivity index (χ1n) is 10.2. The number of nitrogens with zero attached hydrogens (tertiary/aromatic N) is 1. The van der Waals surface area contributed by atoms with Crippen molar-refractivity contribution in [2.45, 2.75) is 20.8 Å². The van der Waals surface area contributed by atoms with Gasteiger partial charge in [0.15, 0.2) is 0 Å². The molecule has 0 bridgehead atoms. The maximum atomic E-state index is 13.6. The first-order valence-corrected chi connectivity index (χ1v) is 10.6. The van der Waals surface area contributed by atoms with Crippen LogP contribution in [-0.4, -0.2) is 18.9 Å². The monoisotopic (exact) mass is 446 g/mol. The zero-order chi connectivity index (χ0) is 23.0. The molecule has 1 N–H and O–H groups in total. The van der Waals surface area contributed by atoms with Gasteiger partial charge in [0, 0.05) is 5.02 Å². The average molecular weight is 447 g/mol. The van der Waals surface area contributed by atoms with Gasteiger partial charge in [-0.25, -0.2) is 4.90 Å². The van der Waals surface area contributed by atoms with Crippen LogP contribution in [0.15, 0.2) is 66.4 Å². The minimum absolute atomic E-state index is 0.183. The van der Waals surface area contributed by atoms with Crippen LogP contribution in [0.2, 0.25) is 5.02 Å². The lowest BCUT2D eigenvalue weighted by atomic mass is 9.97. The predicted molar refractivity (Wildman–Crippen MR) is 128 cm³/mol. The van der Waals surface area contributed by atoms with E-state index in [0.717, 1.165) is 16.7 Å². The number of methoxy groups -OCH3 is 1. The molecule has 3 aromatic rings. The van der Waals surface area contributed by atoms with Crippen LogP contribution in [0.5, 0.6) is 5.75 Å². The lowest BCUT2D eigenvalue weighted by Gasteiger charge is -2.16. The van der Waals surface area contributed by atoms with Gasteiger partial charge in [-0.2, -0.15) is 0 Å². The first kappa shape index (κ1) is 21.7. The molecule has 4 rings (SSSR count). The largest absolute Gasteiger partial charge is 0.495 e. The zero-order valence-corrected chi connectivity index (χ0v) is 19.1. The third-order valence-electron chi connectivity index (χ3n) is 5.45. The Bertz CT molecular complexity index is 1260. The summed E-state index contributed by atoms with van der Waals surface area (Å²) in [5, 5.41) is 3.62. The molecule has 1 aliphatic rings. The Labute approximate surface area is 192 Å². The number of amides is 2. The van der Waals surface area contributed by atoms with E-state index < -0.39 is 5.91 Å². The average Bonchev–Trinajstić information content (AvgIpc) is 2.99. The van der Waals surface area contributed by atoms with Crippen molar-refractivity contribution in [2.75, 3.05) is 17.3 Å². The highest BCUT2D eigenvalue weighted by Crippen LogP contribution is 2.37. The fourth-order valence-electron chi connectivity index (χ4n) is 3.83. The summed E-state index contributed by atoms with van der Waals surface area (Å²) in [5.41, 5.74) is 5.24. The Morgan fingerprint density at radius 3 is 2.19 bits per heavy atom. The summed E-state index contributed by atoms with van der Waals surface area (Å²) in [6.07, 6.45) is 0. The predicted octanol–water partition coefficient (Wildman–Crippen LogP) is 5.67. The second-order valence-corrected chi connectivity index (χ2v) is 8.26. The molecule has 0 radical (unpaired) electrons. The van der Waals surface area contributed by atoms with Crippen LogP contribution in [0.4, 0.5) is 11.4 Å². The molecule has 162 valence electrons. The van der Waals surface area contributed by atoms with E-state index in [0.29, 0.717) is 33.3 Å². The Balaban J connectivity index is 1.88.